The van der Waals surface area contributed by atoms with E-state index >= 15 is 0 Å². The van der Waals surface area contributed by atoms with E-state index in [4.69, 9.17) is 9.26 Å². The van der Waals surface area contributed by atoms with Crippen molar-refractivity contribution in [3.05, 3.63) is 77.0 Å². The first kappa shape index (κ1) is 20.9. The minimum absolute atomic E-state index is 0.00482. The van der Waals surface area contributed by atoms with Gasteiger partial charge in [-0.1, -0.05) is 47.6 Å². The highest BCUT2D eigenvalue weighted by Gasteiger charge is 2.26. The first-order chi connectivity index (χ1) is 16.7. The summed E-state index contributed by atoms with van der Waals surface area (Å²) in [5.74, 6) is 1.02. The zero-order chi connectivity index (χ0) is 23.1. The maximum Gasteiger partial charge on any atom is 0.259 e. The van der Waals surface area contributed by atoms with Crippen molar-refractivity contribution < 1.29 is 14.1 Å². The summed E-state index contributed by atoms with van der Waals surface area (Å²) in [6.07, 6.45) is 0.985. The molecule has 0 spiro atoms. The number of benzene rings is 2. The monoisotopic (exact) mass is 454 g/mol. The second-order valence-corrected chi connectivity index (χ2v) is 8.98. The van der Waals surface area contributed by atoms with Gasteiger partial charge in [0, 0.05) is 44.7 Å². The van der Waals surface area contributed by atoms with Gasteiger partial charge in [-0.15, -0.1) is 0 Å². The molecule has 2 aromatic carbocycles. The number of aromatic nitrogens is 2. The van der Waals surface area contributed by atoms with E-state index in [0.717, 1.165) is 44.0 Å². The third kappa shape index (κ3) is 3.82. The summed E-state index contributed by atoms with van der Waals surface area (Å²) >= 11 is 0. The second kappa shape index (κ2) is 8.57. The van der Waals surface area contributed by atoms with Crippen LogP contribution in [0.2, 0.25) is 0 Å². The number of aryl methyl sites for hydroxylation is 1. The van der Waals surface area contributed by atoms with E-state index in [1.54, 1.807) is 0 Å². The zero-order valence-electron chi connectivity index (χ0n) is 19.2. The summed E-state index contributed by atoms with van der Waals surface area (Å²) in [4.78, 5) is 22.6. The number of hydrogen-bond donors (Lipinski definition) is 0. The van der Waals surface area contributed by atoms with Crippen LogP contribution in [0.3, 0.4) is 0 Å². The number of carbonyl (C=O) groups excluding carboxylic acids is 1. The van der Waals surface area contributed by atoms with Crippen molar-refractivity contribution in [2.45, 2.75) is 19.9 Å². The lowest BCUT2D eigenvalue weighted by molar-refractivity contribution is 0.0630. The molecule has 0 N–H and O–H groups in total. The first-order valence-electron chi connectivity index (χ1n) is 11.7. The van der Waals surface area contributed by atoms with E-state index in [1.165, 1.54) is 11.1 Å². The number of ether oxygens (including phenoxy) is 1. The van der Waals surface area contributed by atoms with Crippen LogP contribution in [0.4, 0.5) is 0 Å². The number of nitrogens with zero attached hydrogens (tertiary/aromatic N) is 4. The zero-order valence-corrected chi connectivity index (χ0v) is 19.2. The standard InChI is InChI=1S/C27H26N4O3/c1-18-25-22(16-23(28-26(25)34-29-18)20-5-3-2-4-6-20)27(32)31-12-10-30(11-13-31)17-19-7-8-24-21(15-19)9-14-33-24/h2-8,15-16H,9-14,17H2,1H3. The van der Waals surface area contributed by atoms with Crippen molar-refractivity contribution in [3.8, 4) is 17.0 Å². The van der Waals surface area contributed by atoms with Gasteiger partial charge in [0.05, 0.1) is 28.9 Å². The van der Waals surface area contributed by atoms with Gasteiger partial charge in [0.25, 0.3) is 11.6 Å². The number of hydrogen-bond acceptors (Lipinski definition) is 6. The summed E-state index contributed by atoms with van der Waals surface area (Å²) in [6.45, 7) is 6.55. The van der Waals surface area contributed by atoms with Crippen molar-refractivity contribution in [2.75, 3.05) is 32.8 Å². The minimum Gasteiger partial charge on any atom is -0.493 e. The van der Waals surface area contributed by atoms with Gasteiger partial charge in [0.15, 0.2) is 0 Å². The molecule has 34 heavy (non-hydrogen) atoms. The highest BCUT2D eigenvalue weighted by molar-refractivity contribution is 6.07. The summed E-state index contributed by atoms with van der Waals surface area (Å²) < 4.78 is 11.1. The van der Waals surface area contributed by atoms with Gasteiger partial charge in [0.1, 0.15) is 5.75 Å². The third-order valence-electron chi connectivity index (χ3n) is 6.74. The topological polar surface area (TPSA) is 71.7 Å². The van der Waals surface area contributed by atoms with E-state index in [1.807, 2.05) is 48.2 Å². The predicted octanol–water partition coefficient (Wildman–Crippen LogP) is 4.09. The maximum absolute atomic E-state index is 13.6. The molecule has 0 saturated carbocycles. The van der Waals surface area contributed by atoms with Crippen LogP contribution in [0.5, 0.6) is 5.75 Å². The molecule has 172 valence electrons. The van der Waals surface area contributed by atoms with Gasteiger partial charge >= 0.3 is 0 Å². The van der Waals surface area contributed by atoms with Gasteiger partial charge in [-0.25, -0.2) is 4.98 Å². The van der Waals surface area contributed by atoms with Crippen LogP contribution < -0.4 is 4.74 Å². The SMILES string of the molecule is Cc1noc2nc(-c3ccccc3)cc(C(=O)N3CCN(Cc4ccc5c(c4)CCO5)CC3)c12. The number of amides is 1. The summed E-state index contributed by atoms with van der Waals surface area (Å²) in [5, 5.41) is 4.78. The molecule has 0 unspecified atom stereocenters. The van der Waals surface area contributed by atoms with Crippen LogP contribution in [0.15, 0.2) is 59.1 Å². The van der Waals surface area contributed by atoms with Crippen LogP contribution in [0, 0.1) is 6.92 Å². The third-order valence-corrected chi connectivity index (χ3v) is 6.74. The van der Waals surface area contributed by atoms with Crippen molar-refractivity contribution >= 4 is 17.0 Å². The molecule has 7 heteroatoms. The average Bonchev–Trinajstić information content (AvgIpc) is 3.50. The van der Waals surface area contributed by atoms with E-state index in [9.17, 15) is 4.79 Å². The van der Waals surface area contributed by atoms with Crippen molar-refractivity contribution in [1.82, 2.24) is 19.9 Å². The summed E-state index contributed by atoms with van der Waals surface area (Å²) in [5.41, 5.74) is 5.95. The molecular weight excluding hydrogens is 428 g/mol. The maximum atomic E-state index is 13.6. The first-order valence-corrected chi connectivity index (χ1v) is 11.7. The Kier molecular flexibility index (Phi) is 5.26. The van der Waals surface area contributed by atoms with Crippen molar-refractivity contribution in [1.29, 1.82) is 0 Å². The van der Waals surface area contributed by atoms with Crippen molar-refractivity contribution in [3.63, 3.8) is 0 Å². The minimum atomic E-state index is 0.00482. The van der Waals surface area contributed by atoms with Crippen LogP contribution in [-0.2, 0) is 13.0 Å². The lowest BCUT2D eigenvalue weighted by Gasteiger charge is -2.35. The van der Waals surface area contributed by atoms with Gasteiger partial charge in [-0.3, -0.25) is 9.69 Å². The normalized spacial score (nSPS) is 16.0. The van der Waals surface area contributed by atoms with Gasteiger partial charge < -0.3 is 14.2 Å². The Hall–Kier alpha value is -3.71. The number of rotatable bonds is 4. The molecule has 0 atom stereocenters. The largest absolute Gasteiger partial charge is 0.493 e. The highest BCUT2D eigenvalue weighted by atomic mass is 16.5. The molecule has 2 aliphatic heterocycles. The molecule has 0 bridgehead atoms. The Morgan fingerprint density at radius 1 is 1.03 bits per heavy atom. The fourth-order valence-electron chi connectivity index (χ4n) is 4.90. The second-order valence-electron chi connectivity index (χ2n) is 8.98. The number of pyridine rings is 1. The van der Waals surface area contributed by atoms with Crippen LogP contribution in [0.25, 0.3) is 22.4 Å². The lowest BCUT2D eigenvalue weighted by atomic mass is 10.0. The lowest BCUT2D eigenvalue weighted by Crippen LogP contribution is -2.48. The van der Waals surface area contributed by atoms with Crippen LogP contribution in [0.1, 0.15) is 27.2 Å². The van der Waals surface area contributed by atoms with E-state index in [-0.39, 0.29) is 5.91 Å². The highest BCUT2D eigenvalue weighted by Crippen LogP contribution is 2.29. The number of piperazine rings is 1. The molecule has 6 rings (SSSR count). The van der Waals surface area contributed by atoms with Crippen LogP contribution >= 0.6 is 0 Å². The molecular formula is C27H26N4O3. The van der Waals surface area contributed by atoms with Crippen molar-refractivity contribution in [2.24, 2.45) is 0 Å². The van der Waals surface area contributed by atoms with Gasteiger partial charge in [-0.05, 0) is 30.2 Å². The quantitative estimate of drug-likeness (QED) is 0.463. The van der Waals surface area contributed by atoms with E-state index in [2.05, 4.69) is 33.2 Å². The molecule has 2 aliphatic rings. The number of fused-ring (bicyclic) bond motifs is 2. The van der Waals surface area contributed by atoms with Gasteiger partial charge in [-0.2, -0.15) is 0 Å². The summed E-state index contributed by atoms with van der Waals surface area (Å²) in [6, 6.07) is 18.2. The number of carbonyl (C=O) groups is 1. The smallest absolute Gasteiger partial charge is 0.259 e. The molecule has 1 amide bonds. The Balaban J connectivity index is 1.20. The van der Waals surface area contributed by atoms with Crippen LogP contribution in [-0.4, -0.2) is 58.6 Å². The Labute approximate surface area is 197 Å². The van der Waals surface area contributed by atoms with E-state index in [0.29, 0.717) is 41.1 Å². The Bertz CT molecular complexity index is 1360. The fraction of sp³-hybridized carbons (Fsp3) is 0.296. The molecule has 7 nitrogen and oxygen atoms in total. The Morgan fingerprint density at radius 3 is 2.68 bits per heavy atom. The molecule has 2 aromatic heterocycles. The fourth-order valence-corrected chi connectivity index (χ4v) is 4.90. The molecule has 1 fully saturated rings. The molecule has 1 saturated heterocycles. The molecule has 4 aromatic rings. The summed E-state index contributed by atoms with van der Waals surface area (Å²) in [7, 11) is 0. The van der Waals surface area contributed by atoms with E-state index < -0.39 is 0 Å². The Morgan fingerprint density at radius 2 is 1.85 bits per heavy atom. The van der Waals surface area contributed by atoms with Gasteiger partial charge in [0.2, 0.25) is 0 Å². The molecule has 4 heterocycles. The molecule has 0 radical (unpaired) electrons. The molecule has 0 aliphatic carbocycles. The average molecular weight is 455 g/mol. The predicted molar refractivity (Wildman–Crippen MR) is 129 cm³/mol.